The molecule has 1 aliphatic rings. The molecule has 1 heterocycles. The fourth-order valence-electron chi connectivity index (χ4n) is 3.07. The average Bonchev–Trinajstić information content (AvgIpc) is 3.10. The number of para-hydroxylation sites is 1. The number of rotatable bonds is 5. The summed E-state index contributed by atoms with van der Waals surface area (Å²) in [4.78, 5) is 14.5. The number of nitrogens with zero attached hydrogens (tertiary/aromatic N) is 1. The molecule has 1 amide bonds. The molecule has 1 fully saturated rings. The number of methoxy groups -OCH3 is 1. The zero-order valence-electron chi connectivity index (χ0n) is 13.8. The summed E-state index contributed by atoms with van der Waals surface area (Å²) in [5, 5.41) is 3.20. The van der Waals surface area contributed by atoms with Gasteiger partial charge in [0, 0.05) is 12.2 Å². The van der Waals surface area contributed by atoms with E-state index in [1.54, 1.807) is 7.11 Å². The third kappa shape index (κ3) is 4.20. The lowest BCUT2D eigenvalue weighted by Gasteiger charge is -2.25. The summed E-state index contributed by atoms with van der Waals surface area (Å²) in [5.41, 5.74) is 2.15. The summed E-state index contributed by atoms with van der Waals surface area (Å²) in [5.74, 6) is 0.988. The molecule has 3 rings (SSSR count). The van der Waals surface area contributed by atoms with Crippen molar-refractivity contribution < 1.29 is 9.53 Å². The van der Waals surface area contributed by atoms with Crippen LogP contribution in [-0.2, 0) is 4.79 Å². The van der Waals surface area contributed by atoms with Crippen LogP contribution in [0.3, 0.4) is 0 Å². The Morgan fingerprint density at radius 2 is 1.88 bits per heavy atom. The Morgan fingerprint density at radius 1 is 1.17 bits per heavy atom. The zero-order valence-corrected chi connectivity index (χ0v) is 14.6. The van der Waals surface area contributed by atoms with Gasteiger partial charge in [-0.1, -0.05) is 30.3 Å². The van der Waals surface area contributed by atoms with Crippen molar-refractivity contribution in [3.05, 3.63) is 60.2 Å². The number of likely N-dealkylation sites (tertiary alicyclic amines) is 1. The van der Waals surface area contributed by atoms with E-state index >= 15 is 0 Å². The molecule has 0 aliphatic carbocycles. The van der Waals surface area contributed by atoms with Crippen molar-refractivity contribution in [2.75, 3.05) is 25.5 Å². The molecule has 1 saturated heterocycles. The van der Waals surface area contributed by atoms with Crippen LogP contribution in [0.5, 0.6) is 5.75 Å². The first-order valence-electron chi connectivity index (χ1n) is 8.00. The maximum absolute atomic E-state index is 12.6. The molecule has 1 atom stereocenters. The monoisotopic (exact) mass is 346 g/mol. The molecule has 5 heteroatoms. The van der Waals surface area contributed by atoms with Gasteiger partial charge in [0.1, 0.15) is 5.75 Å². The first-order valence-corrected chi connectivity index (χ1v) is 8.00. The molecule has 1 unspecified atom stereocenters. The fourth-order valence-corrected chi connectivity index (χ4v) is 3.07. The highest BCUT2D eigenvalue weighted by Gasteiger charge is 2.29. The molecule has 0 aromatic heterocycles. The minimum atomic E-state index is 0. The standard InChI is InChI=1S/C19H22N2O2.ClH/c1-23-17-11-9-15(10-12-17)18-8-5-13-21(18)19(22)14-20-16-6-3-2-4-7-16;/h2-4,6-7,9-12,18,20H,5,8,13-14H2,1H3;1H. The van der Waals surface area contributed by atoms with Crippen molar-refractivity contribution in [2.45, 2.75) is 18.9 Å². The van der Waals surface area contributed by atoms with Crippen LogP contribution in [0.15, 0.2) is 54.6 Å². The Morgan fingerprint density at radius 3 is 2.54 bits per heavy atom. The Balaban J connectivity index is 0.00000208. The number of carbonyl (C=O) groups is 1. The van der Waals surface area contributed by atoms with E-state index < -0.39 is 0 Å². The van der Waals surface area contributed by atoms with Gasteiger partial charge in [0.15, 0.2) is 0 Å². The van der Waals surface area contributed by atoms with Crippen LogP contribution in [-0.4, -0.2) is 31.0 Å². The van der Waals surface area contributed by atoms with Gasteiger partial charge in [0.2, 0.25) is 5.91 Å². The highest BCUT2D eigenvalue weighted by atomic mass is 35.5. The second-order valence-corrected chi connectivity index (χ2v) is 5.74. The molecule has 1 aliphatic heterocycles. The summed E-state index contributed by atoms with van der Waals surface area (Å²) in [7, 11) is 1.66. The number of carbonyl (C=O) groups excluding carboxylic acids is 1. The molecular weight excluding hydrogens is 324 g/mol. The number of benzene rings is 2. The highest BCUT2D eigenvalue weighted by Crippen LogP contribution is 2.32. The number of halogens is 1. The normalized spacial score (nSPS) is 16.4. The predicted molar refractivity (Wildman–Crippen MR) is 98.9 cm³/mol. The number of amides is 1. The maximum atomic E-state index is 12.6. The smallest absolute Gasteiger partial charge is 0.242 e. The third-order valence-electron chi connectivity index (χ3n) is 4.29. The summed E-state index contributed by atoms with van der Waals surface area (Å²) in [6, 6.07) is 18.0. The number of anilines is 1. The van der Waals surface area contributed by atoms with Gasteiger partial charge in [0.05, 0.1) is 19.7 Å². The first kappa shape index (κ1) is 18.1. The molecule has 2 aromatic carbocycles. The summed E-state index contributed by atoms with van der Waals surface area (Å²) in [6.07, 6.45) is 2.07. The van der Waals surface area contributed by atoms with E-state index in [9.17, 15) is 4.79 Å². The molecule has 0 spiro atoms. The number of hydrogen-bond donors (Lipinski definition) is 1. The van der Waals surface area contributed by atoms with Gasteiger partial charge >= 0.3 is 0 Å². The van der Waals surface area contributed by atoms with Crippen LogP contribution in [0, 0.1) is 0 Å². The van der Waals surface area contributed by atoms with E-state index in [2.05, 4.69) is 17.4 Å². The van der Waals surface area contributed by atoms with E-state index in [0.717, 1.165) is 30.8 Å². The predicted octanol–water partition coefficient (Wildman–Crippen LogP) is 3.89. The van der Waals surface area contributed by atoms with Gasteiger partial charge < -0.3 is 15.0 Å². The Bertz CT molecular complexity index is 646. The number of ether oxygens (including phenoxy) is 1. The van der Waals surface area contributed by atoms with Crippen LogP contribution in [0.1, 0.15) is 24.4 Å². The van der Waals surface area contributed by atoms with E-state index in [4.69, 9.17) is 4.74 Å². The Kier molecular flexibility index (Phi) is 6.50. The Hall–Kier alpha value is -2.20. The summed E-state index contributed by atoms with van der Waals surface area (Å²) in [6.45, 7) is 1.16. The second kappa shape index (κ2) is 8.60. The van der Waals surface area contributed by atoms with Crippen molar-refractivity contribution in [1.29, 1.82) is 0 Å². The summed E-state index contributed by atoms with van der Waals surface area (Å²) < 4.78 is 5.20. The number of hydrogen-bond acceptors (Lipinski definition) is 3. The highest BCUT2D eigenvalue weighted by molar-refractivity contribution is 5.85. The largest absolute Gasteiger partial charge is 0.497 e. The Labute approximate surface area is 149 Å². The average molecular weight is 347 g/mol. The lowest BCUT2D eigenvalue weighted by Crippen LogP contribution is -2.35. The molecule has 128 valence electrons. The van der Waals surface area contributed by atoms with Gasteiger partial charge in [0.25, 0.3) is 0 Å². The van der Waals surface area contributed by atoms with Crippen molar-refractivity contribution in [3.8, 4) is 5.75 Å². The van der Waals surface area contributed by atoms with Crippen LogP contribution in [0.2, 0.25) is 0 Å². The van der Waals surface area contributed by atoms with E-state index in [-0.39, 0.29) is 24.4 Å². The lowest BCUT2D eigenvalue weighted by molar-refractivity contribution is -0.130. The van der Waals surface area contributed by atoms with Crippen LogP contribution in [0.4, 0.5) is 5.69 Å². The van der Waals surface area contributed by atoms with Crippen LogP contribution < -0.4 is 10.1 Å². The van der Waals surface area contributed by atoms with Crippen LogP contribution >= 0.6 is 12.4 Å². The van der Waals surface area contributed by atoms with Gasteiger partial charge in [-0.15, -0.1) is 12.4 Å². The van der Waals surface area contributed by atoms with Crippen molar-refractivity contribution in [3.63, 3.8) is 0 Å². The van der Waals surface area contributed by atoms with Gasteiger partial charge in [-0.05, 0) is 42.7 Å². The van der Waals surface area contributed by atoms with Crippen LogP contribution in [0.25, 0.3) is 0 Å². The molecule has 24 heavy (non-hydrogen) atoms. The molecular formula is C19H23ClN2O2. The molecule has 0 radical (unpaired) electrons. The molecule has 2 aromatic rings. The molecule has 0 bridgehead atoms. The van der Waals surface area contributed by atoms with Gasteiger partial charge in [-0.2, -0.15) is 0 Å². The first-order chi connectivity index (χ1) is 11.3. The van der Waals surface area contributed by atoms with Crippen molar-refractivity contribution in [1.82, 2.24) is 4.90 Å². The third-order valence-corrected chi connectivity index (χ3v) is 4.29. The number of nitrogens with one attached hydrogen (secondary N) is 1. The van der Waals surface area contributed by atoms with Crippen molar-refractivity contribution in [2.24, 2.45) is 0 Å². The molecule has 0 saturated carbocycles. The summed E-state index contributed by atoms with van der Waals surface area (Å²) >= 11 is 0. The minimum absolute atomic E-state index is 0. The molecule has 1 N–H and O–H groups in total. The van der Waals surface area contributed by atoms with E-state index in [0.29, 0.717) is 6.54 Å². The SMILES string of the molecule is COc1ccc(C2CCCN2C(=O)CNc2ccccc2)cc1.Cl. The van der Waals surface area contributed by atoms with E-state index in [1.807, 2.05) is 47.4 Å². The van der Waals surface area contributed by atoms with Gasteiger partial charge in [-0.25, -0.2) is 0 Å². The quantitative estimate of drug-likeness (QED) is 0.893. The lowest BCUT2D eigenvalue weighted by atomic mass is 10.0. The minimum Gasteiger partial charge on any atom is -0.497 e. The second-order valence-electron chi connectivity index (χ2n) is 5.74. The fraction of sp³-hybridized carbons (Fsp3) is 0.316. The van der Waals surface area contributed by atoms with E-state index in [1.165, 1.54) is 5.56 Å². The molecule has 4 nitrogen and oxygen atoms in total. The van der Waals surface area contributed by atoms with Gasteiger partial charge in [-0.3, -0.25) is 4.79 Å². The zero-order chi connectivity index (χ0) is 16.1. The van der Waals surface area contributed by atoms with Crippen molar-refractivity contribution >= 4 is 24.0 Å². The maximum Gasteiger partial charge on any atom is 0.242 e. The topological polar surface area (TPSA) is 41.6 Å².